The summed E-state index contributed by atoms with van der Waals surface area (Å²) in [5, 5.41) is 3.05. The van der Waals surface area contributed by atoms with E-state index in [9.17, 15) is 22.4 Å². The number of methoxy groups -OCH3 is 1. The summed E-state index contributed by atoms with van der Waals surface area (Å²) in [7, 11) is -2.20. The van der Waals surface area contributed by atoms with E-state index in [2.05, 4.69) is 5.32 Å². The molecule has 0 aliphatic heterocycles. The molecule has 0 saturated carbocycles. The van der Waals surface area contributed by atoms with Crippen LogP contribution < -0.4 is 14.4 Å². The van der Waals surface area contributed by atoms with Crippen molar-refractivity contribution in [2.24, 2.45) is 0 Å². The quantitative estimate of drug-likeness (QED) is 0.414. The summed E-state index contributed by atoms with van der Waals surface area (Å²) in [4.78, 5) is 27.2. The van der Waals surface area contributed by atoms with Crippen LogP contribution in [-0.2, 0) is 26.2 Å². The standard InChI is InChI=1S/C25H33ClFN3O5S/c1-5-14-28-25(32)18(2)29(17-19-8-10-20(27)11-9-19)24(31)7-6-15-30(36(4,33)34)21-12-13-23(35-3)22(26)16-21/h8-13,16,18H,5-7,14-15,17H2,1-4H3,(H,28,32)/t18-/m1/s1. The van der Waals surface area contributed by atoms with Gasteiger partial charge < -0.3 is 15.0 Å². The Bertz CT molecular complexity index is 1140. The first-order valence-electron chi connectivity index (χ1n) is 11.6. The number of benzene rings is 2. The van der Waals surface area contributed by atoms with Crippen LogP contribution in [0, 0.1) is 5.82 Å². The van der Waals surface area contributed by atoms with Crippen LogP contribution in [0.15, 0.2) is 42.5 Å². The average Bonchev–Trinajstić information content (AvgIpc) is 2.83. The molecule has 2 amide bonds. The molecule has 0 radical (unpaired) electrons. The van der Waals surface area contributed by atoms with Gasteiger partial charge in [-0.3, -0.25) is 13.9 Å². The fourth-order valence-electron chi connectivity index (χ4n) is 3.58. The molecule has 0 heterocycles. The van der Waals surface area contributed by atoms with E-state index in [0.717, 1.165) is 12.7 Å². The van der Waals surface area contributed by atoms with Crippen molar-refractivity contribution < 1.29 is 27.1 Å². The predicted molar refractivity (Wildman–Crippen MR) is 139 cm³/mol. The number of hydrogen-bond donors (Lipinski definition) is 1. The number of amides is 2. The highest BCUT2D eigenvalue weighted by Gasteiger charge is 2.26. The number of nitrogens with zero attached hydrogens (tertiary/aromatic N) is 2. The number of ether oxygens (including phenoxy) is 1. The predicted octanol–water partition coefficient (Wildman–Crippen LogP) is 3.98. The number of nitrogens with one attached hydrogen (secondary N) is 1. The first-order valence-corrected chi connectivity index (χ1v) is 13.8. The molecule has 0 fully saturated rings. The molecule has 0 bridgehead atoms. The summed E-state index contributed by atoms with van der Waals surface area (Å²) in [6.45, 7) is 4.19. The van der Waals surface area contributed by atoms with Crippen LogP contribution in [0.25, 0.3) is 0 Å². The van der Waals surface area contributed by atoms with Crippen molar-refractivity contribution >= 4 is 39.1 Å². The number of carbonyl (C=O) groups excluding carboxylic acids is 2. The molecule has 8 nitrogen and oxygen atoms in total. The number of sulfonamides is 1. The second-order valence-corrected chi connectivity index (χ2v) is 10.7. The molecule has 11 heteroatoms. The van der Waals surface area contributed by atoms with Gasteiger partial charge in [-0.05, 0) is 55.7 Å². The minimum atomic E-state index is -3.66. The first kappa shape index (κ1) is 29.4. The summed E-state index contributed by atoms with van der Waals surface area (Å²) < 4.78 is 44.5. The molecule has 36 heavy (non-hydrogen) atoms. The summed E-state index contributed by atoms with van der Waals surface area (Å²) in [6.07, 6.45) is 2.04. The van der Waals surface area contributed by atoms with Gasteiger partial charge in [0.05, 0.1) is 24.1 Å². The molecule has 0 aliphatic rings. The second kappa shape index (κ2) is 13.5. The van der Waals surface area contributed by atoms with Crippen LogP contribution in [-0.4, -0.2) is 57.6 Å². The third-order valence-corrected chi connectivity index (χ3v) is 7.05. The van der Waals surface area contributed by atoms with Crippen molar-refractivity contribution in [1.29, 1.82) is 0 Å². The minimum absolute atomic E-state index is 0.00248. The maximum Gasteiger partial charge on any atom is 0.242 e. The number of carbonyl (C=O) groups is 2. The normalized spacial score (nSPS) is 12.1. The highest BCUT2D eigenvalue weighted by Crippen LogP contribution is 2.30. The Balaban J connectivity index is 2.17. The smallest absolute Gasteiger partial charge is 0.242 e. The van der Waals surface area contributed by atoms with E-state index < -0.39 is 21.9 Å². The molecule has 0 unspecified atom stereocenters. The number of hydrogen-bond acceptors (Lipinski definition) is 5. The van der Waals surface area contributed by atoms with E-state index >= 15 is 0 Å². The summed E-state index contributed by atoms with van der Waals surface area (Å²) in [5.41, 5.74) is 1.02. The Kier molecular flexibility index (Phi) is 11.0. The molecule has 1 N–H and O–H groups in total. The van der Waals surface area contributed by atoms with Crippen LogP contribution in [0.1, 0.15) is 38.7 Å². The number of anilines is 1. The van der Waals surface area contributed by atoms with Crippen LogP contribution in [0.4, 0.5) is 10.1 Å². The van der Waals surface area contributed by atoms with Gasteiger partial charge in [0, 0.05) is 26.1 Å². The third kappa shape index (κ3) is 8.37. The Morgan fingerprint density at radius 3 is 2.39 bits per heavy atom. The van der Waals surface area contributed by atoms with Gasteiger partial charge in [0.2, 0.25) is 21.8 Å². The highest BCUT2D eigenvalue weighted by atomic mass is 35.5. The largest absolute Gasteiger partial charge is 0.495 e. The summed E-state index contributed by atoms with van der Waals surface area (Å²) >= 11 is 6.17. The Morgan fingerprint density at radius 2 is 1.83 bits per heavy atom. The van der Waals surface area contributed by atoms with E-state index in [-0.39, 0.29) is 42.8 Å². The van der Waals surface area contributed by atoms with Gasteiger partial charge in [-0.2, -0.15) is 0 Å². The first-order chi connectivity index (χ1) is 17.0. The zero-order valence-electron chi connectivity index (χ0n) is 21.0. The topological polar surface area (TPSA) is 96.0 Å². The zero-order valence-corrected chi connectivity index (χ0v) is 22.5. The Morgan fingerprint density at radius 1 is 1.17 bits per heavy atom. The molecule has 2 aromatic carbocycles. The zero-order chi connectivity index (χ0) is 26.9. The van der Waals surface area contributed by atoms with Crippen LogP contribution in [0.5, 0.6) is 5.75 Å². The molecular weight excluding hydrogens is 509 g/mol. The molecule has 0 saturated heterocycles. The van der Waals surface area contributed by atoms with Crippen molar-refractivity contribution in [1.82, 2.24) is 10.2 Å². The summed E-state index contributed by atoms with van der Waals surface area (Å²) in [6, 6.07) is 9.59. The maximum atomic E-state index is 13.3. The van der Waals surface area contributed by atoms with Gasteiger partial charge in [-0.15, -0.1) is 0 Å². The van der Waals surface area contributed by atoms with Gasteiger partial charge in [0.1, 0.15) is 17.6 Å². The molecule has 0 spiro atoms. The summed E-state index contributed by atoms with van der Waals surface area (Å²) in [5.74, 6) is -0.599. The van der Waals surface area contributed by atoms with E-state index in [1.807, 2.05) is 6.92 Å². The lowest BCUT2D eigenvalue weighted by Gasteiger charge is -2.29. The minimum Gasteiger partial charge on any atom is -0.495 e. The molecule has 2 rings (SSSR count). The molecule has 0 aliphatic carbocycles. The van der Waals surface area contributed by atoms with Crippen molar-refractivity contribution in [2.45, 2.75) is 45.7 Å². The fourth-order valence-corrected chi connectivity index (χ4v) is 4.79. The van der Waals surface area contributed by atoms with Crippen molar-refractivity contribution in [2.75, 3.05) is 30.8 Å². The fraction of sp³-hybridized carbons (Fsp3) is 0.440. The van der Waals surface area contributed by atoms with Crippen LogP contribution >= 0.6 is 11.6 Å². The average molecular weight is 542 g/mol. The molecule has 198 valence electrons. The highest BCUT2D eigenvalue weighted by molar-refractivity contribution is 7.92. The third-order valence-electron chi connectivity index (χ3n) is 5.56. The molecular formula is C25H33ClFN3O5S. The molecule has 2 aromatic rings. The van der Waals surface area contributed by atoms with Crippen molar-refractivity contribution in [3.63, 3.8) is 0 Å². The molecule has 1 atom stereocenters. The lowest BCUT2D eigenvalue weighted by molar-refractivity contribution is -0.140. The number of rotatable bonds is 13. The lowest BCUT2D eigenvalue weighted by Crippen LogP contribution is -2.47. The van der Waals surface area contributed by atoms with Gasteiger partial charge >= 0.3 is 0 Å². The van der Waals surface area contributed by atoms with Gasteiger partial charge in [-0.1, -0.05) is 30.7 Å². The maximum absolute atomic E-state index is 13.3. The monoisotopic (exact) mass is 541 g/mol. The van der Waals surface area contributed by atoms with Gasteiger partial charge in [0.15, 0.2) is 0 Å². The van der Waals surface area contributed by atoms with E-state index in [1.54, 1.807) is 31.2 Å². The molecule has 0 aromatic heterocycles. The van der Waals surface area contributed by atoms with Gasteiger partial charge in [-0.25, -0.2) is 12.8 Å². The van der Waals surface area contributed by atoms with Crippen LogP contribution in [0.2, 0.25) is 5.02 Å². The van der Waals surface area contributed by atoms with E-state index in [0.29, 0.717) is 23.5 Å². The van der Waals surface area contributed by atoms with Crippen molar-refractivity contribution in [3.8, 4) is 5.75 Å². The Hall–Kier alpha value is -2.85. The van der Waals surface area contributed by atoms with E-state index in [4.69, 9.17) is 16.3 Å². The van der Waals surface area contributed by atoms with Crippen molar-refractivity contribution in [3.05, 3.63) is 58.9 Å². The Labute approximate surface area is 217 Å². The van der Waals surface area contributed by atoms with Gasteiger partial charge in [0.25, 0.3) is 0 Å². The SMILES string of the molecule is CCCNC(=O)[C@@H](C)N(Cc1ccc(F)cc1)C(=O)CCCN(c1ccc(OC)c(Cl)c1)S(C)(=O)=O. The van der Waals surface area contributed by atoms with E-state index in [1.165, 1.54) is 34.5 Å². The lowest BCUT2D eigenvalue weighted by atomic mass is 10.1. The number of halogens is 2. The van der Waals surface area contributed by atoms with Crippen LogP contribution in [0.3, 0.4) is 0 Å². The second-order valence-electron chi connectivity index (χ2n) is 8.37.